The fourth-order valence-corrected chi connectivity index (χ4v) is 3.45. The van der Waals surface area contributed by atoms with Gasteiger partial charge in [-0.25, -0.2) is 4.39 Å². The molecule has 1 aromatic carbocycles. The van der Waals surface area contributed by atoms with Crippen LogP contribution in [0.5, 0.6) is 0 Å². The van der Waals surface area contributed by atoms with Gasteiger partial charge in [-0.15, -0.1) is 0 Å². The van der Waals surface area contributed by atoms with Crippen molar-refractivity contribution in [2.45, 2.75) is 39.5 Å². The van der Waals surface area contributed by atoms with Crippen molar-refractivity contribution in [2.75, 3.05) is 0 Å². The predicted octanol–water partition coefficient (Wildman–Crippen LogP) is 4.55. The van der Waals surface area contributed by atoms with E-state index in [1.54, 1.807) is 0 Å². The fraction of sp³-hybridized carbons (Fsp3) is 0.562. The summed E-state index contributed by atoms with van der Waals surface area (Å²) >= 11 is 6.10. The zero-order chi connectivity index (χ0) is 14.9. The van der Waals surface area contributed by atoms with E-state index in [1.807, 2.05) is 0 Å². The molecule has 1 fully saturated rings. The summed E-state index contributed by atoms with van der Waals surface area (Å²) < 4.78 is 13.3. The summed E-state index contributed by atoms with van der Waals surface area (Å²) in [6, 6.07) is 4.28. The second kappa shape index (κ2) is 5.72. The minimum absolute atomic E-state index is 0.00977. The Kier molecular flexibility index (Phi) is 4.38. The van der Waals surface area contributed by atoms with Crippen molar-refractivity contribution < 1.29 is 14.3 Å². The minimum atomic E-state index is -0.752. The zero-order valence-corrected chi connectivity index (χ0v) is 12.6. The number of hydrogen-bond acceptors (Lipinski definition) is 1. The summed E-state index contributed by atoms with van der Waals surface area (Å²) in [6.45, 7) is 4.32. The number of carboxylic acids is 1. The summed E-state index contributed by atoms with van der Waals surface area (Å²) in [6.07, 6.45) is 2.95. The molecule has 1 N–H and O–H groups in total. The lowest BCUT2D eigenvalue weighted by Gasteiger charge is -2.39. The molecule has 0 saturated heterocycles. The molecule has 0 amide bonds. The van der Waals surface area contributed by atoms with Gasteiger partial charge in [-0.3, -0.25) is 4.79 Å². The molecular weight excluding hydrogens is 279 g/mol. The van der Waals surface area contributed by atoms with Gasteiger partial charge in [0.1, 0.15) is 5.82 Å². The fourth-order valence-electron chi connectivity index (χ4n) is 3.26. The smallest absolute Gasteiger partial charge is 0.306 e. The third-order valence-electron chi connectivity index (χ3n) is 4.32. The topological polar surface area (TPSA) is 37.3 Å². The first-order valence-corrected chi connectivity index (χ1v) is 7.33. The van der Waals surface area contributed by atoms with Crippen molar-refractivity contribution in [3.63, 3.8) is 0 Å². The molecule has 2 rings (SSSR count). The maximum atomic E-state index is 13.3. The molecule has 1 aromatic rings. The van der Waals surface area contributed by atoms with Crippen LogP contribution in [0.3, 0.4) is 0 Å². The molecule has 0 heterocycles. The maximum absolute atomic E-state index is 13.3. The van der Waals surface area contributed by atoms with Gasteiger partial charge in [-0.05, 0) is 60.8 Å². The molecule has 110 valence electrons. The molecule has 1 saturated carbocycles. The van der Waals surface area contributed by atoms with Crippen molar-refractivity contribution in [1.82, 2.24) is 0 Å². The molecule has 1 aliphatic carbocycles. The van der Waals surface area contributed by atoms with Gasteiger partial charge in [0.25, 0.3) is 0 Å². The molecule has 20 heavy (non-hydrogen) atoms. The predicted molar refractivity (Wildman–Crippen MR) is 77.4 cm³/mol. The summed E-state index contributed by atoms with van der Waals surface area (Å²) in [5, 5.41) is 9.89. The van der Waals surface area contributed by atoms with Crippen molar-refractivity contribution in [1.29, 1.82) is 0 Å². The van der Waals surface area contributed by atoms with Gasteiger partial charge >= 0.3 is 5.97 Å². The average Bonchev–Trinajstić information content (AvgIpc) is 2.32. The summed E-state index contributed by atoms with van der Waals surface area (Å²) in [5.41, 5.74) is 0.844. The highest BCUT2D eigenvalue weighted by Gasteiger charge is 2.38. The monoisotopic (exact) mass is 298 g/mol. The van der Waals surface area contributed by atoms with Crippen LogP contribution in [0.1, 0.15) is 38.7 Å². The number of rotatable bonds is 3. The number of halogens is 2. The van der Waals surface area contributed by atoms with E-state index < -0.39 is 5.97 Å². The van der Waals surface area contributed by atoms with E-state index in [1.165, 1.54) is 18.2 Å². The Balaban J connectivity index is 2.23. The van der Waals surface area contributed by atoms with Gasteiger partial charge < -0.3 is 5.11 Å². The number of carbonyl (C=O) groups is 1. The van der Waals surface area contributed by atoms with Crippen LogP contribution in [0.25, 0.3) is 0 Å². The number of aliphatic carboxylic acids is 1. The Morgan fingerprint density at radius 3 is 2.85 bits per heavy atom. The number of carboxylic acid groups (broad SMARTS) is 1. The van der Waals surface area contributed by atoms with Crippen molar-refractivity contribution in [3.8, 4) is 0 Å². The van der Waals surface area contributed by atoms with Crippen LogP contribution in [0.2, 0.25) is 5.02 Å². The Labute approximate surface area is 123 Å². The summed E-state index contributed by atoms with van der Waals surface area (Å²) in [4.78, 5) is 11.4. The second-order valence-corrected chi connectivity index (χ2v) is 6.96. The van der Waals surface area contributed by atoms with Crippen LogP contribution in [0.15, 0.2) is 18.2 Å². The molecule has 0 spiro atoms. The normalized spacial score (nSPS) is 25.4. The lowest BCUT2D eigenvalue weighted by molar-refractivity contribution is -0.146. The third-order valence-corrected chi connectivity index (χ3v) is 4.69. The number of hydrogen-bond donors (Lipinski definition) is 1. The van der Waals surface area contributed by atoms with Crippen molar-refractivity contribution in [3.05, 3.63) is 34.6 Å². The Hall–Kier alpha value is -1.09. The highest BCUT2D eigenvalue weighted by atomic mass is 35.5. The van der Waals surface area contributed by atoms with Gasteiger partial charge in [0.2, 0.25) is 0 Å². The Morgan fingerprint density at radius 1 is 1.50 bits per heavy atom. The SMILES string of the molecule is CC1(C)CCC(C(=O)O)C(Cc2cc(F)ccc2Cl)C1. The first kappa shape index (κ1) is 15.3. The molecular formula is C16H20ClFO2. The van der Waals surface area contributed by atoms with Gasteiger partial charge in [0, 0.05) is 5.02 Å². The van der Waals surface area contributed by atoms with E-state index in [4.69, 9.17) is 11.6 Å². The first-order chi connectivity index (χ1) is 9.28. The van der Waals surface area contributed by atoms with Gasteiger partial charge in [-0.1, -0.05) is 25.4 Å². The van der Waals surface area contributed by atoms with E-state index in [2.05, 4.69) is 13.8 Å². The van der Waals surface area contributed by atoms with Crippen LogP contribution < -0.4 is 0 Å². The summed E-state index contributed by atoms with van der Waals surface area (Å²) in [7, 11) is 0. The van der Waals surface area contributed by atoms with Crippen LogP contribution in [-0.2, 0) is 11.2 Å². The van der Waals surface area contributed by atoms with E-state index in [0.717, 1.165) is 12.8 Å². The molecule has 0 bridgehead atoms. The third kappa shape index (κ3) is 3.51. The molecule has 0 radical (unpaired) electrons. The Morgan fingerprint density at radius 2 is 2.20 bits per heavy atom. The number of benzene rings is 1. The molecule has 1 aliphatic rings. The minimum Gasteiger partial charge on any atom is -0.481 e. The van der Waals surface area contributed by atoms with E-state index in [-0.39, 0.29) is 23.1 Å². The largest absolute Gasteiger partial charge is 0.481 e. The lowest BCUT2D eigenvalue weighted by atomic mass is 9.65. The maximum Gasteiger partial charge on any atom is 0.306 e. The molecule has 2 unspecified atom stereocenters. The molecule has 2 atom stereocenters. The molecule has 0 aliphatic heterocycles. The Bertz CT molecular complexity index is 513. The van der Waals surface area contributed by atoms with Crippen LogP contribution in [0.4, 0.5) is 4.39 Å². The van der Waals surface area contributed by atoms with E-state index in [0.29, 0.717) is 23.4 Å². The molecule has 0 aromatic heterocycles. The second-order valence-electron chi connectivity index (χ2n) is 6.55. The zero-order valence-electron chi connectivity index (χ0n) is 11.8. The van der Waals surface area contributed by atoms with Crippen LogP contribution in [-0.4, -0.2) is 11.1 Å². The summed E-state index contributed by atoms with van der Waals surface area (Å²) in [5.74, 6) is -1.43. The van der Waals surface area contributed by atoms with Gasteiger partial charge in [0.05, 0.1) is 5.92 Å². The highest BCUT2D eigenvalue weighted by Crippen LogP contribution is 2.43. The van der Waals surface area contributed by atoms with Crippen LogP contribution in [0, 0.1) is 23.1 Å². The highest BCUT2D eigenvalue weighted by molar-refractivity contribution is 6.31. The van der Waals surface area contributed by atoms with Crippen molar-refractivity contribution in [2.24, 2.45) is 17.3 Å². The first-order valence-electron chi connectivity index (χ1n) is 6.95. The lowest BCUT2D eigenvalue weighted by Crippen LogP contribution is -2.35. The standard InChI is InChI=1S/C16H20ClFO2/c1-16(2)6-5-13(15(19)20)11(9-16)7-10-8-12(18)3-4-14(10)17/h3-4,8,11,13H,5-7,9H2,1-2H3,(H,19,20). The van der Waals surface area contributed by atoms with Crippen molar-refractivity contribution >= 4 is 17.6 Å². The van der Waals surface area contributed by atoms with Crippen LogP contribution >= 0.6 is 11.6 Å². The van der Waals surface area contributed by atoms with E-state index in [9.17, 15) is 14.3 Å². The molecule has 2 nitrogen and oxygen atoms in total. The quantitative estimate of drug-likeness (QED) is 0.889. The van der Waals surface area contributed by atoms with E-state index >= 15 is 0 Å². The molecule has 4 heteroatoms. The van der Waals surface area contributed by atoms with Gasteiger partial charge in [-0.2, -0.15) is 0 Å². The average molecular weight is 299 g/mol. The van der Waals surface area contributed by atoms with Gasteiger partial charge in [0.15, 0.2) is 0 Å².